The number of nitrogens with zero attached hydrogens (tertiary/aromatic N) is 1. The molecule has 0 radical (unpaired) electrons. The van der Waals surface area contributed by atoms with Gasteiger partial charge in [0.1, 0.15) is 5.82 Å². The number of rotatable bonds is 5. The van der Waals surface area contributed by atoms with Crippen LogP contribution < -0.4 is 10.1 Å². The van der Waals surface area contributed by atoms with Gasteiger partial charge in [0.15, 0.2) is 5.75 Å². The summed E-state index contributed by atoms with van der Waals surface area (Å²) in [6.07, 6.45) is 0. The van der Waals surface area contributed by atoms with Crippen LogP contribution in [0.3, 0.4) is 0 Å². The molecule has 7 heteroatoms. The number of nitrogens with one attached hydrogen (secondary N) is 1. The fourth-order valence-electron chi connectivity index (χ4n) is 1.95. The van der Waals surface area contributed by atoms with Crippen LogP contribution in [-0.4, -0.2) is 17.4 Å². The lowest BCUT2D eigenvalue weighted by Crippen LogP contribution is -2.12. The summed E-state index contributed by atoms with van der Waals surface area (Å²) in [6.45, 7) is 3.59. The predicted molar refractivity (Wildman–Crippen MR) is 83.4 cm³/mol. The summed E-state index contributed by atoms with van der Waals surface area (Å²) in [6, 6.07) is 8.19. The summed E-state index contributed by atoms with van der Waals surface area (Å²) in [7, 11) is 0. The highest BCUT2D eigenvalue weighted by molar-refractivity contribution is 6.04. The molecule has 0 saturated carbocycles. The molecule has 0 fully saturated rings. The zero-order chi connectivity index (χ0) is 17.0. The Kier molecular flexibility index (Phi) is 4.90. The van der Waals surface area contributed by atoms with Crippen molar-refractivity contribution in [3.8, 4) is 5.75 Å². The van der Waals surface area contributed by atoms with Crippen LogP contribution in [0.25, 0.3) is 0 Å². The fraction of sp³-hybridized carbons (Fsp3) is 0.188. The van der Waals surface area contributed by atoms with Crippen molar-refractivity contribution < 1.29 is 18.8 Å². The lowest BCUT2D eigenvalue weighted by atomic mass is 10.1. The topological polar surface area (TPSA) is 81.5 Å². The average Bonchev–Trinajstić information content (AvgIpc) is 2.51. The van der Waals surface area contributed by atoms with E-state index < -0.39 is 16.6 Å². The molecule has 0 bridgehead atoms. The van der Waals surface area contributed by atoms with Gasteiger partial charge in [-0.05, 0) is 43.7 Å². The van der Waals surface area contributed by atoms with Crippen molar-refractivity contribution in [2.45, 2.75) is 13.8 Å². The van der Waals surface area contributed by atoms with E-state index in [0.717, 1.165) is 6.07 Å². The van der Waals surface area contributed by atoms with Gasteiger partial charge in [-0.15, -0.1) is 0 Å². The zero-order valence-electron chi connectivity index (χ0n) is 12.6. The number of benzene rings is 2. The number of hydrogen-bond acceptors (Lipinski definition) is 4. The first-order valence-corrected chi connectivity index (χ1v) is 6.91. The SMILES string of the molecule is CCOc1ccc(C(=O)Nc2ccc(C)c(F)c2)cc1[N+](=O)[O-]. The lowest BCUT2D eigenvalue weighted by Gasteiger charge is -2.08. The van der Waals surface area contributed by atoms with Crippen molar-refractivity contribution in [2.24, 2.45) is 0 Å². The summed E-state index contributed by atoms with van der Waals surface area (Å²) in [5, 5.41) is 13.6. The van der Waals surface area contributed by atoms with Crippen molar-refractivity contribution in [3.05, 3.63) is 63.5 Å². The minimum atomic E-state index is -0.618. The largest absolute Gasteiger partial charge is 0.487 e. The first kappa shape index (κ1) is 16.4. The lowest BCUT2D eigenvalue weighted by molar-refractivity contribution is -0.385. The smallest absolute Gasteiger partial charge is 0.311 e. The van der Waals surface area contributed by atoms with Crippen LogP contribution in [0.1, 0.15) is 22.8 Å². The molecule has 0 unspecified atom stereocenters. The number of ether oxygens (including phenoxy) is 1. The highest BCUT2D eigenvalue weighted by Gasteiger charge is 2.18. The molecular weight excluding hydrogens is 303 g/mol. The van der Waals surface area contributed by atoms with Crippen molar-refractivity contribution in [1.82, 2.24) is 0 Å². The molecule has 0 heterocycles. The maximum Gasteiger partial charge on any atom is 0.311 e. The number of aryl methyl sites for hydroxylation is 1. The Morgan fingerprint density at radius 2 is 2.04 bits per heavy atom. The van der Waals surface area contributed by atoms with E-state index in [-0.39, 0.29) is 29.3 Å². The molecule has 1 N–H and O–H groups in total. The molecule has 0 saturated heterocycles. The Balaban J connectivity index is 2.26. The molecule has 0 aliphatic heterocycles. The Morgan fingerprint density at radius 3 is 2.65 bits per heavy atom. The van der Waals surface area contributed by atoms with Gasteiger partial charge in [-0.3, -0.25) is 14.9 Å². The number of amides is 1. The number of anilines is 1. The highest BCUT2D eigenvalue weighted by Crippen LogP contribution is 2.28. The number of carbonyl (C=O) groups excluding carboxylic acids is 1. The first-order chi connectivity index (χ1) is 10.9. The molecule has 2 aromatic rings. The van der Waals surface area contributed by atoms with Gasteiger partial charge < -0.3 is 10.1 Å². The monoisotopic (exact) mass is 318 g/mol. The molecule has 23 heavy (non-hydrogen) atoms. The molecule has 0 aliphatic rings. The molecule has 0 aliphatic carbocycles. The summed E-state index contributed by atoms with van der Waals surface area (Å²) in [4.78, 5) is 22.6. The van der Waals surface area contributed by atoms with Crippen LogP contribution in [0, 0.1) is 22.9 Å². The standard InChI is InChI=1S/C16H15FN2O4/c1-3-23-15-7-5-11(8-14(15)19(21)22)16(20)18-12-6-4-10(2)13(17)9-12/h4-9H,3H2,1-2H3,(H,18,20). The third-order valence-corrected chi connectivity index (χ3v) is 3.15. The molecule has 0 spiro atoms. The van der Waals surface area contributed by atoms with Gasteiger partial charge in [0, 0.05) is 17.3 Å². The normalized spacial score (nSPS) is 10.2. The number of hydrogen-bond donors (Lipinski definition) is 1. The second-order valence-corrected chi connectivity index (χ2v) is 4.79. The van der Waals surface area contributed by atoms with E-state index in [1.54, 1.807) is 19.9 Å². The van der Waals surface area contributed by atoms with Crippen LogP contribution in [0.4, 0.5) is 15.8 Å². The van der Waals surface area contributed by atoms with E-state index in [1.807, 2.05) is 0 Å². The maximum atomic E-state index is 13.5. The second-order valence-electron chi connectivity index (χ2n) is 4.79. The van der Waals surface area contributed by atoms with Crippen LogP contribution in [0.2, 0.25) is 0 Å². The molecular formula is C16H15FN2O4. The number of carbonyl (C=O) groups is 1. The Bertz CT molecular complexity index is 762. The third-order valence-electron chi connectivity index (χ3n) is 3.15. The molecule has 1 amide bonds. The van der Waals surface area contributed by atoms with Crippen molar-refractivity contribution in [1.29, 1.82) is 0 Å². The van der Waals surface area contributed by atoms with Crippen molar-refractivity contribution >= 4 is 17.3 Å². The molecule has 120 valence electrons. The highest BCUT2D eigenvalue weighted by atomic mass is 19.1. The minimum absolute atomic E-state index is 0.0844. The summed E-state index contributed by atoms with van der Waals surface area (Å²) >= 11 is 0. The minimum Gasteiger partial charge on any atom is -0.487 e. The molecule has 2 aromatic carbocycles. The third kappa shape index (κ3) is 3.82. The van der Waals surface area contributed by atoms with E-state index in [1.165, 1.54) is 24.3 Å². The van der Waals surface area contributed by atoms with E-state index in [2.05, 4.69) is 5.32 Å². The average molecular weight is 318 g/mol. The van der Waals surface area contributed by atoms with Gasteiger partial charge in [0.2, 0.25) is 0 Å². The van der Waals surface area contributed by atoms with Gasteiger partial charge in [0.05, 0.1) is 11.5 Å². The quantitative estimate of drug-likeness (QED) is 0.673. The predicted octanol–water partition coefficient (Wildman–Crippen LogP) is 3.69. The number of nitro benzene ring substituents is 1. The van der Waals surface area contributed by atoms with Gasteiger partial charge in [-0.1, -0.05) is 6.07 Å². The Morgan fingerprint density at radius 1 is 1.30 bits per heavy atom. The Hall–Kier alpha value is -2.96. The number of nitro groups is 1. The van der Waals surface area contributed by atoms with E-state index >= 15 is 0 Å². The number of halogens is 1. The zero-order valence-corrected chi connectivity index (χ0v) is 12.6. The maximum absolute atomic E-state index is 13.5. The van der Waals surface area contributed by atoms with Crippen LogP contribution in [0.5, 0.6) is 5.75 Å². The van der Waals surface area contributed by atoms with Crippen LogP contribution in [0.15, 0.2) is 36.4 Å². The van der Waals surface area contributed by atoms with Gasteiger partial charge in [-0.25, -0.2) is 4.39 Å². The van der Waals surface area contributed by atoms with Crippen molar-refractivity contribution in [3.63, 3.8) is 0 Å². The summed E-state index contributed by atoms with van der Waals surface area (Å²) in [5.41, 5.74) is 0.519. The molecule has 0 aromatic heterocycles. The van der Waals surface area contributed by atoms with E-state index in [0.29, 0.717) is 5.56 Å². The molecule has 0 atom stereocenters. The van der Waals surface area contributed by atoms with Gasteiger partial charge in [0.25, 0.3) is 5.91 Å². The summed E-state index contributed by atoms with van der Waals surface area (Å²) < 4.78 is 18.6. The Labute approximate surface area is 132 Å². The van der Waals surface area contributed by atoms with Crippen molar-refractivity contribution in [2.75, 3.05) is 11.9 Å². The first-order valence-electron chi connectivity index (χ1n) is 6.91. The molecule has 2 rings (SSSR count). The van der Waals surface area contributed by atoms with Crippen LogP contribution in [-0.2, 0) is 0 Å². The molecule has 6 nitrogen and oxygen atoms in total. The summed E-state index contributed by atoms with van der Waals surface area (Å²) in [5.74, 6) is -0.921. The fourth-order valence-corrected chi connectivity index (χ4v) is 1.95. The van der Waals surface area contributed by atoms with E-state index in [4.69, 9.17) is 4.74 Å². The second kappa shape index (κ2) is 6.87. The van der Waals surface area contributed by atoms with Crippen LogP contribution >= 0.6 is 0 Å². The van der Waals surface area contributed by atoms with Gasteiger partial charge >= 0.3 is 5.69 Å². The van der Waals surface area contributed by atoms with E-state index in [9.17, 15) is 19.3 Å². The van der Waals surface area contributed by atoms with Gasteiger partial charge in [-0.2, -0.15) is 0 Å².